The predicted octanol–water partition coefficient (Wildman–Crippen LogP) is 0.191. The molecule has 0 amide bonds. The molecule has 2 aliphatic rings. The highest BCUT2D eigenvalue weighted by atomic mass is 16.6. The number of ether oxygens (including phenoxy) is 1. The molecule has 0 aliphatic carbocycles. The molecular formula is C11H20O4. The van der Waals surface area contributed by atoms with Gasteiger partial charge in [0.2, 0.25) is 0 Å². The highest BCUT2D eigenvalue weighted by Gasteiger charge is 2.64. The van der Waals surface area contributed by atoms with Crippen LogP contribution in [0.5, 0.6) is 0 Å². The average Bonchev–Trinajstić information content (AvgIpc) is 2.24. The zero-order valence-electron chi connectivity index (χ0n) is 9.53. The van der Waals surface area contributed by atoms with Gasteiger partial charge in [0.15, 0.2) is 0 Å². The van der Waals surface area contributed by atoms with Gasteiger partial charge in [0, 0.05) is 12.8 Å². The summed E-state index contributed by atoms with van der Waals surface area (Å²) in [5.41, 5.74) is -2.48. The summed E-state index contributed by atoms with van der Waals surface area (Å²) < 4.78 is 5.73. The van der Waals surface area contributed by atoms with Gasteiger partial charge in [-0.3, -0.25) is 0 Å². The second kappa shape index (κ2) is 2.94. The summed E-state index contributed by atoms with van der Waals surface area (Å²) in [6.45, 7) is 5.42. The highest BCUT2D eigenvalue weighted by molar-refractivity contribution is 5.14. The molecule has 0 radical (unpaired) electrons. The molecule has 2 saturated heterocycles. The van der Waals surface area contributed by atoms with Crippen molar-refractivity contribution in [2.24, 2.45) is 0 Å². The Balaban J connectivity index is 2.37. The summed E-state index contributed by atoms with van der Waals surface area (Å²) in [5.74, 6) is 0. The van der Waals surface area contributed by atoms with Crippen molar-refractivity contribution in [3.05, 3.63) is 0 Å². The van der Waals surface area contributed by atoms with Crippen LogP contribution in [0.1, 0.15) is 40.0 Å². The van der Waals surface area contributed by atoms with Crippen molar-refractivity contribution in [2.75, 3.05) is 0 Å². The standard InChI is InChI=1S/C11H20O4/c1-4-11(14)5-9(2)7(12)8(13)10(3,6-11)15-9/h7-8,12-14H,4-6H2,1-3H3/t7-,8+,9+,10-,11?. The first-order valence-corrected chi connectivity index (χ1v) is 5.53. The molecular weight excluding hydrogens is 196 g/mol. The first-order chi connectivity index (χ1) is 6.75. The van der Waals surface area contributed by atoms with Gasteiger partial charge in [0.25, 0.3) is 0 Å². The maximum atomic E-state index is 10.3. The molecule has 2 bridgehead atoms. The molecule has 0 aromatic heterocycles. The molecule has 4 nitrogen and oxygen atoms in total. The number of hydrogen-bond donors (Lipinski definition) is 3. The van der Waals surface area contributed by atoms with Gasteiger partial charge in [-0.25, -0.2) is 0 Å². The second-order valence-corrected chi connectivity index (χ2v) is 5.55. The summed E-state index contributed by atoms with van der Waals surface area (Å²) in [4.78, 5) is 0. The number of hydrogen-bond acceptors (Lipinski definition) is 4. The van der Waals surface area contributed by atoms with E-state index in [1.54, 1.807) is 13.8 Å². The molecule has 5 atom stereocenters. The summed E-state index contributed by atoms with van der Waals surface area (Å²) in [7, 11) is 0. The van der Waals surface area contributed by atoms with Crippen molar-refractivity contribution < 1.29 is 20.1 Å². The lowest BCUT2D eigenvalue weighted by atomic mass is 9.79. The van der Waals surface area contributed by atoms with Gasteiger partial charge in [-0.05, 0) is 20.3 Å². The molecule has 2 fully saturated rings. The molecule has 1 unspecified atom stereocenters. The first-order valence-electron chi connectivity index (χ1n) is 5.53. The Labute approximate surface area is 89.9 Å². The Hall–Kier alpha value is -0.160. The lowest BCUT2D eigenvalue weighted by Gasteiger charge is -2.45. The molecule has 2 heterocycles. The Kier molecular flexibility index (Phi) is 2.22. The zero-order valence-corrected chi connectivity index (χ0v) is 9.53. The van der Waals surface area contributed by atoms with Crippen LogP contribution in [0.2, 0.25) is 0 Å². The molecule has 2 rings (SSSR count). The monoisotopic (exact) mass is 216 g/mol. The quantitative estimate of drug-likeness (QED) is 0.585. The Morgan fingerprint density at radius 1 is 1.13 bits per heavy atom. The first kappa shape index (κ1) is 11.3. The molecule has 0 spiro atoms. The van der Waals surface area contributed by atoms with Crippen molar-refractivity contribution in [1.82, 2.24) is 0 Å². The zero-order chi connectivity index (χ0) is 11.5. The van der Waals surface area contributed by atoms with Gasteiger partial charge in [0.1, 0.15) is 12.2 Å². The van der Waals surface area contributed by atoms with E-state index in [0.717, 1.165) is 0 Å². The fourth-order valence-electron chi connectivity index (χ4n) is 3.22. The van der Waals surface area contributed by atoms with Crippen LogP contribution in [0.15, 0.2) is 0 Å². The second-order valence-electron chi connectivity index (χ2n) is 5.55. The number of aliphatic hydroxyl groups excluding tert-OH is 2. The van der Waals surface area contributed by atoms with Gasteiger partial charge in [-0.2, -0.15) is 0 Å². The Morgan fingerprint density at radius 3 is 1.87 bits per heavy atom. The summed E-state index contributed by atoms with van der Waals surface area (Å²) in [6, 6.07) is 0. The maximum Gasteiger partial charge on any atom is 0.111 e. The van der Waals surface area contributed by atoms with Crippen molar-refractivity contribution in [1.29, 1.82) is 0 Å². The minimum absolute atomic E-state index is 0.379. The topological polar surface area (TPSA) is 69.9 Å². The van der Waals surface area contributed by atoms with Crippen LogP contribution in [0.4, 0.5) is 0 Å². The van der Waals surface area contributed by atoms with E-state index in [1.165, 1.54) is 0 Å². The number of aliphatic hydroxyl groups is 3. The predicted molar refractivity (Wildman–Crippen MR) is 54.4 cm³/mol. The molecule has 4 heteroatoms. The highest BCUT2D eigenvalue weighted by Crippen LogP contribution is 2.52. The van der Waals surface area contributed by atoms with E-state index in [-0.39, 0.29) is 0 Å². The van der Waals surface area contributed by atoms with Gasteiger partial charge >= 0.3 is 0 Å². The van der Waals surface area contributed by atoms with Crippen LogP contribution in [-0.4, -0.2) is 44.3 Å². The van der Waals surface area contributed by atoms with Crippen molar-refractivity contribution in [3.63, 3.8) is 0 Å². The van der Waals surface area contributed by atoms with Gasteiger partial charge < -0.3 is 20.1 Å². The molecule has 3 N–H and O–H groups in total. The normalized spacial score (nSPS) is 59.6. The fourth-order valence-corrected chi connectivity index (χ4v) is 3.22. The number of fused-ring (bicyclic) bond motifs is 2. The van der Waals surface area contributed by atoms with Gasteiger partial charge in [-0.1, -0.05) is 6.92 Å². The minimum Gasteiger partial charge on any atom is -0.390 e. The summed E-state index contributed by atoms with van der Waals surface area (Å²) >= 11 is 0. The minimum atomic E-state index is -0.914. The van der Waals surface area contributed by atoms with Crippen molar-refractivity contribution in [3.8, 4) is 0 Å². The van der Waals surface area contributed by atoms with E-state index < -0.39 is 29.0 Å². The van der Waals surface area contributed by atoms with E-state index in [1.807, 2.05) is 6.92 Å². The van der Waals surface area contributed by atoms with Gasteiger partial charge in [-0.15, -0.1) is 0 Å². The lowest BCUT2D eigenvalue weighted by molar-refractivity contribution is -0.212. The van der Waals surface area contributed by atoms with E-state index in [4.69, 9.17) is 4.74 Å². The van der Waals surface area contributed by atoms with E-state index in [2.05, 4.69) is 0 Å². The molecule has 0 aromatic carbocycles. The van der Waals surface area contributed by atoms with Crippen LogP contribution >= 0.6 is 0 Å². The third-order valence-electron chi connectivity index (χ3n) is 4.03. The third kappa shape index (κ3) is 1.43. The Bertz CT molecular complexity index is 258. The smallest absolute Gasteiger partial charge is 0.111 e. The molecule has 2 aliphatic heterocycles. The van der Waals surface area contributed by atoms with Gasteiger partial charge in [0.05, 0.1) is 16.8 Å². The largest absolute Gasteiger partial charge is 0.390 e. The number of rotatable bonds is 1. The Morgan fingerprint density at radius 2 is 1.53 bits per heavy atom. The maximum absolute atomic E-state index is 10.3. The SMILES string of the molecule is CCC1(O)C[C@@]2(C)O[C@@](C)(C1)[C@H](O)[C@@H]2O. The van der Waals surface area contributed by atoms with E-state index in [9.17, 15) is 15.3 Å². The van der Waals surface area contributed by atoms with Crippen LogP contribution in [0.3, 0.4) is 0 Å². The molecule has 0 aromatic rings. The van der Waals surface area contributed by atoms with Crippen molar-refractivity contribution >= 4 is 0 Å². The summed E-state index contributed by atoms with van der Waals surface area (Å²) in [6.07, 6.45) is -0.457. The van der Waals surface area contributed by atoms with Crippen molar-refractivity contribution in [2.45, 2.75) is 69.0 Å². The van der Waals surface area contributed by atoms with E-state index in [0.29, 0.717) is 19.3 Å². The van der Waals surface area contributed by atoms with Crippen LogP contribution in [0.25, 0.3) is 0 Å². The molecule has 15 heavy (non-hydrogen) atoms. The van der Waals surface area contributed by atoms with E-state index >= 15 is 0 Å². The average molecular weight is 216 g/mol. The molecule has 88 valence electrons. The third-order valence-corrected chi connectivity index (χ3v) is 4.03. The molecule has 0 saturated carbocycles. The van der Waals surface area contributed by atoms with Crippen LogP contribution < -0.4 is 0 Å². The van der Waals surface area contributed by atoms with Crippen LogP contribution in [-0.2, 0) is 4.74 Å². The fraction of sp³-hybridized carbons (Fsp3) is 1.00. The van der Waals surface area contributed by atoms with Crippen LogP contribution in [0, 0.1) is 0 Å². The summed E-state index contributed by atoms with van der Waals surface area (Å²) in [5, 5.41) is 30.2. The lowest BCUT2D eigenvalue weighted by Crippen LogP contribution is -2.52.